The predicted molar refractivity (Wildman–Crippen MR) is 65.5 cm³/mol. The van der Waals surface area contributed by atoms with Crippen molar-refractivity contribution < 1.29 is 0 Å². The van der Waals surface area contributed by atoms with E-state index < -0.39 is 16.8 Å². The number of hydrogen-bond acceptors (Lipinski definition) is 3. The first-order chi connectivity index (χ1) is 5.59. The monoisotopic (exact) mass is 219 g/mol. The second-order valence-corrected chi connectivity index (χ2v) is 14.5. The van der Waals surface area contributed by atoms with Crippen molar-refractivity contribution in [3.63, 3.8) is 0 Å². The smallest absolute Gasteiger partial charge is 0.276 e. The van der Waals surface area contributed by atoms with Gasteiger partial charge in [0.1, 0.15) is 8.24 Å². The highest BCUT2D eigenvalue weighted by Gasteiger charge is 2.37. The molecule has 0 aliphatic carbocycles. The molecule has 0 saturated heterocycles. The van der Waals surface area contributed by atoms with Crippen LogP contribution >= 0.6 is 0 Å². The summed E-state index contributed by atoms with van der Waals surface area (Å²) >= 11 is 0. The summed E-state index contributed by atoms with van der Waals surface area (Å²) in [5.74, 6) is 0. The summed E-state index contributed by atoms with van der Waals surface area (Å²) in [4.78, 5) is 0. The van der Waals surface area contributed by atoms with Gasteiger partial charge in [-0.05, 0) is 34.7 Å². The third-order valence-electron chi connectivity index (χ3n) is 2.35. The third-order valence-corrected chi connectivity index (χ3v) is 10.7. The second-order valence-electron chi connectivity index (χ2n) is 5.18. The summed E-state index contributed by atoms with van der Waals surface area (Å²) in [5.41, 5.74) is 0. The zero-order valence-electron chi connectivity index (χ0n) is 10.4. The highest BCUT2D eigenvalue weighted by molar-refractivity contribution is 6.88. The van der Waals surface area contributed by atoms with E-state index in [0.717, 1.165) is 0 Å². The highest BCUT2D eigenvalue weighted by atomic mass is 28.4. The molecule has 0 fully saturated rings. The summed E-state index contributed by atoms with van der Waals surface area (Å²) in [7, 11) is 5.91. The van der Waals surface area contributed by atoms with Crippen molar-refractivity contribution in [2.24, 2.45) is 0 Å². The standard InChI is InChI=1S/C8H25N3Si2/c1-10(2)13(8,11(3)4)9-12(5,6)7/h9H,1-8H3. The zero-order valence-corrected chi connectivity index (χ0v) is 12.4. The molecule has 80 valence electrons. The lowest BCUT2D eigenvalue weighted by atomic mass is 11.3. The van der Waals surface area contributed by atoms with Crippen LogP contribution in [0.25, 0.3) is 0 Å². The van der Waals surface area contributed by atoms with Gasteiger partial charge in [-0.1, -0.05) is 19.6 Å². The Kier molecular flexibility index (Phi) is 4.33. The van der Waals surface area contributed by atoms with Gasteiger partial charge in [0.25, 0.3) is 8.56 Å². The molecule has 0 spiro atoms. The van der Waals surface area contributed by atoms with E-state index in [9.17, 15) is 0 Å². The van der Waals surface area contributed by atoms with Crippen LogP contribution in [0.15, 0.2) is 0 Å². The molecular formula is C8H25N3Si2. The van der Waals surface area contributed by atoms with Crippen molar-refractivity contribution >= 4 is 16.8 Å². The van der Waals surface area contributed by atoms with E-state index in [1.165, 1.54) is 0 Å². The molecule has 0 radical (unpaired) electrons. The fraction of sp³-hybridized carbons (Fsp3) is 1.00. The van der Waals surface area contributed by atoms with Crippen LogP contribution in [0.1, 0.15) is 0 Å². The maximum absolute atomic E-state index is 3.86. The number of nitrogens with one attached hydrogen (secondary N) is 1. The molecule has 1 N–H and O–H groups in total. The molecule has 0 rings (SSSR count). The largest absolute Gasteiger partial charge is 0.335 e. The van der Waals surface area contributed by atoms with Crippen LogP contribution in [0, 0.1) is 0 Å². The molecule has 0 aromatic carbocycles. The van der Waals surface area contributed by atoms with E-state index in [2.05, 4.69) is 68.2 Å². The first-order valence-corrected chi connectivity index (χ1v) is 10.6. The topological polar surface area (TPSA) is 18.5 Å². The summed E-state index contributed by atoms with van der Waals surface area (Å²) in [6.07, 6.45) is 0. The molecule has 0 atom stereocenters. The van der Waals surface area contributed by atoms with Gasteiger partial charge < -0.3 is 13.8 Å². The molecule has 0 saturated carbocycles. The summed E-state index contributed by atoms with van der Waals surface area (Å²) in [6, 6.07) is 0. The van der Waals surface area contributed by atoms with E-state index in [4.69, 9.17) is 0 Å². The van der Waals surface area contributed by atoms with E-state index >= 15 is 0 Å². The Balaban J connectivity index is 4.62. The van der Waals surface area contributed by atoms with Crippen molar-refractivity contribution in [2.45, 2.75) is 26.2 Å². The van der Waals surface area contributed by atoms with Crippen molar-refractivity contribution in [3.05, 3.63) is 0 Å². The van der Waals surface area contributed by atoms with E-state index in [1.54, 1.807) is 0 Å². The van der Waals surface area contributed by atoms with E-state index in [0.29, 0.717) is 0 Å². The Morgan fingerprint density at radius 2 is 1.08 bits per heavy atom. The molecule has 0 heterocycles. The van der Waals surface area contributed by atoms with Gasteiger partial charge in [0.15, 0.2) is 0 Å². The van der Waals surface area contributed by atoms with Crippen LogP contribution in [0.5, 0.6) is 0 Å². The SMILES string of the molecule is CN(C)[Si](C)(N[Si](C)(C)C)N(C)C. The average Bonchev–Trinajstić information content (AvgIpc) is 1.82. The fourth-order valence-corrected chi connectivity index (χ4v) is 9.61. The highest BCUT2D eigenvalue weighted by Crippen LogP contribution is 2.09. The fourth-order valence-electron chi connectivity index (χ4n) is 1.33. The minimum atomic E-state index is -1.56. The van der Waals surface area contributed by atoms with Gasteiger partial charge in [-0.2, -0.15) is 0 Å². The molecule has 0 aromatic heterocycles. The normalized spacial score (nSPS) is 14.3. The summed E-state index contributed by atoms with van der Waals surface area (Å²) < 4.78 is 8.57. The molecular weight excluding hydrogens is 194 g/mol. The lowest BCUT2D eigenvalue weighted by Crippen LogP contribution is -2.73. The molecule has 0 bridgehead atoms. The van der Waals surface area contributed by atoms with Gasteiger partial charge in [-0.3, -0.25) is 0 Å². The Morgan fingerprint density at radius 3 is 1.15 bits per heavy atom. The molecule has 0 unspecified atom stereocenters. The minimum Gasteiger partial charge on any atom is -0.335 e. The Bertz CT molecular complexity index is 155. The second kappa shape index (κ2) is 4.23. The van der Waals surface area contributed by atoms with Crippen molar-refractivity contribution in [3.8, 4) is 0 Å². The number of rotatable bonds is 4. The van der Waals surface area contributed by atoms with Crippen molar-refractivity contribution in [1.29, 1.82) is 0 Å². The molecule has 5 heteroatoms. The van der Waals surface area contributed by atoms with Gasteiger partial charge in [-0.25, -0.2) is 0 Å². The van der Waals surface area contributed by atoms with Crippen LogP contribution in [-0.4, -0.2) is 54.1 Å². The quantitative estimate of drug-likeness (QED) is 0.715. The molecule has 3 nitrogen and oxygen atoms in total. The maximum Gasteiger partial charge on any atom is 0.276 e. The van der Waals surface area contributed by atoms with E-state index in [1.807, 2.05) is 0 Å². The Morgan fingerprint density at radius 1 is 0.769 bits per heavy atom. The molecule has 0 amide bonds. The first-order valence-electron chi connectivity index (χ1n) is 4.74. The van der Waals surface area contributed by atoms with Gasteiger partial charge >= 0.3 is 0 Å². The summed E-state index contributed by atoms with van der Waals surface area (Å²) in [6.45, 7) is 9.41. The number of hydrogen-bond donors (Lipinski definition) is 1. The van der Waals surface area contributed by atoms with Gasteiger partial charge in [0.2, 0.25) is 0 Å². The van der Waals surface area contributed by atoms with Crippen molar-refractivity contribution in [1.82, 2.24) is 13.8 Å². The number of nitrogens with zero attached hydrogens (tertiary/aromatic N) is 2. The zero-order chi connectivity index (χ0) is 10.9. The maximum atomic E-state index is 3.86. The Hall–Kier alpha value is 0.314. The average molecular weight is 219 g/mol. The Labute approximate surface area is 85.4 Å². The third kappa shape index (κ3) is 3.91. The van der Waals surface area contributed by atoms with Crippen LogP contribution in [0.4, 0.5) is 0 Å². The molecule has 0 aromatic rings. The lowest BCUT2D eigenvalue weighted by Gasteiger charge is -2.43. The summed E-state index contributed by atoms with van der Waals surface area (Å²) in [5, 5.41) is 0. The van der Waals surface area contributed by atoms with Crippen LogP contribution in [-0.2, 0) is 0 Å². The van der Waals surface area contributed by atoms with Gasteiger partial charge in [-0.15, -0.1) is 0 Å². The van der Waals surface area contributed by atoms with Crippen LogP contribution < -0.4 is 4.65 Å². The predicted octanol–water partition coefficient (Wildman–Crippen LogP) is 1.10. The lowest BCUT2D eigenvalue weighted by molar-refractivity contribution is 0.477. The minimum absolute atomic E-state index is 1.19. The molecule has 0 aliphatic heterocycles. The van der Waals surface area contributed by atoms with Crippen molar-refractivity contribution in [2.75, 3.05) is 28.2 Å². The van der Waals surface area contributed by atoms with Crippen LogP contribution in [0.3, 0.4) is 0 Å². The molecule has 13 heavy (non-hydrogen) atoms. The van der Waals surface area contributed by atoms with Gasteiger partial charge in [0.05, 0.1) is 0 Å². The molecule has 0 aliphatic rings. The van der Waals surface area contributed by atoms with E-state index in [-0.39, 0.29) is 0 Å². The van der Waals surface area contributed by atoms with Gasteiger partial charge in [0, 0.05) is 0 Å². The first kappa shape index (κ1) is 13.3. The van der Waals surface area contributed by atoms with Crippen LogP contribution in [0.2, 0.25) is 26.2 Å².